The molecule has 2 aromatic rings. The van der Waals surface area contributed by atoms with Crippen molar-refractivity contribution in [2.24, 2.45) is 0 Å². The summed E-state index contributed by atoms with van der Waals surface area (Å²) in [6.45, 7) is 3.27. The molecule has 2 aliphatic heterocycles. The molecule has 2 aromatic carbocycles. The molecule has 29 heavy (non-hydrogen) atoms. The van der Waals surface area contributed by atoms with Gasteiger partial charge in [-0.15, -0.1) is 0 Å². The number of ether oxygens (including phenoxy) is 4. The van der Waals surface area contributed by atoms with E-state index in [0.717, 1.165) is 29.0 Å². The van der Waals surface area contributed by atoms with Crippen LogP contribution in [-0.2, 0) is 6.54 Å². The molecule has 0 radical (unpaired) electrons. The van der Waals surface area contributed by atoms with Crippen molar-refractivity contribution >= 4 is 11.9 Å². The van der Waals surface area contributed by atoms with Crippen molar-refractivity contribution in [1.82, 2.24) is 4.90 Å². The van der Waals surface area contributed by atoms with Gasteiger partial charge in [0.2, 0.25) is 5.78 Å². The van der Waals surface area contributed by atoms with Crippen molar-refractivity contribution < 1.29 is 23.7 Å². The van der Waals surface area contributed by atoms with Crippen LogP contribution in [-0.4, -0.2) is 37.7 Å². The summed E-state index contributed by atoms with van der Waals surface area (Å²) >= 11 is 0. The number of carbonyl (C=O) groups is 1. The number of aryl methyl sites for hydroxylation is 1. The first-order chi connectivity index (χ1) is 14.1. The zero-order valence-corrected chi connectivity index (χ0v) is 16.8. The minimum absolute atomic E-state index is 0.0985. The van der Waals surface area contributed by atoms with Gasteiger partial charge in [-0.3, -0.25) is 9.69 Å². The van der Waals surface area contributed by atoms with E-state index in [1.807, 2.05) is 31.2 Å². The number of methoxy groups -OCH3 is 2. The van der Waals surface area contributed by atoms with Crippen LogP contribution in [0.15, 0.2) is 30.0 Å². The molecule has 3 aliphatic rings. The second-order valence-electron chi connectivity index (χ2n) is 7.68. The Morgan fingerprint density at radius 1 is 1.14 bits per heavy atom. The molecule has 0 bridgehead atoms. The van der Waals surface area contributed by atoms with Crippen LogP contribution < -0.4 is 18.9 Å². The van der Waals surface area contributed by atoms with Crippen molar-refractivity contribution in [3.63, 3.8) is 0 Å². The van der Waals surface area contributed by atoms with Crippen LogP contribution >= 0.6 is 0 Å². The summed E-state index contributed by atoms with van der Waals surface area (Å²) < 4.78 is 22.7. The van der Waals surface area contributed by atoms with Crippen molar-refractivity contribution in [3.8, 4) is 23.0 Å². The maximum absolute atomic E-state index is 13.1. The number of fused-ring (bicyclic) bond motifs is 3. The van der Waals surface area contributed by atoms with E-state index in [1.165, 1.54) is 12.8 Å². The maximum atomic E-state index is 13.1. The van der Waals surface area contributed by atoms with Crippen molar-refractivity contribution in [2.45, 2.75) is 32.4 Å². The fraction of sp³-hybridized carbons (Fsp3) is 0.348. The van der Waals surface area contributed by atoms with Crippen molar-refractivity contribution in [1.29, 1.82) is 0 Å². The normalized spacial score (nSPS) is 19.4. The Hall–Kier alpha value is -2.99. The van der Waals surface area contributed by atoms with Crippen LogP contribution in [0.3, 0.4) is 0 Å². The highest BCUT2D eigenvalue weighted by Gasteiger charge is 2.38. The molecule has 2 heterocycles. The van der Waals surface area contributed by atoms with E-state index in [1.54, 1.807) is 20.3 Å². The summed E-state index contributed by atoms with van der Waals surface area (Å²) in [5, 5.41) is 0. The standard InChI is InChI=1S/C23H23NO5/c1-13-8-18-16(11-24(12-28-18)15-5-6-15)23-21(13)22(25)20(29-23)10-14-4-7-17(26-2)19(9-14)27-3/h4,7-10,15H,5-6,11-12H2,1-3H3/b20-10-. The molecular formula is C23H23NO5. The summed E-state index contributed by atoms with van der Waals surface area (Å²) in [6, 6.07) is 8.05. The number of allylic oxidation sites excluding steroid dienone is 1. The Labute approximate surface area is 169 Å². The van der Waals surface area contributed by atoms with Gasteiger partial charge in [-0.2, -0.15) is 0 Å². The first-order valence-electron chi connectivity index (χ1n) is 9.78. The zero-order valence-electron chi connectivity index (χ0n) is 16.8. The molecule has 0 atom stereocenters. The Morgan fingerprint density at radius 3 is 2.66 bits per heavy atom. The minimum Gasteiger partial charge on any atom is -0.493 e. The van der Waals surface area contributed by atoms with Crippen LogP contribution in [0.2, 0.25) is 0 Å². The Bertz CT molecular complexity index is 1040. The van der Waals surface area contributed by atoms with E-state index in [9.17, 15) is 4.79 Å². The number of carbonyl (C=O) groups excluding carboxylic acids is 1. The molecule has 6 nitrogen and oxygen atoms in total. The van der Waals surface area contributed by atoms with Gasteiger partial charge in [0.05, 0.1) is 25.3 Å². The van der Waals surface area contributed by atoms with E-state index < -0.39 is 0 Å². The first-order valence-corrected chi connectivity index (χ1v) is 9.78. The van der Waals surface area contributed by atoms with Gasteiger partial charge in [-0.05, 0) is 55.2 Å². The highest BCUT2D eigenvalue weighted by molar-refractivity contribution is 6.15. The molecule has 1 saturated carbocycles. The Morgan fingerprint density at radius 2 is 1.93 bits per heavy atom. The number of ketones is 1. The van der Waals surface area contributed by atoms with E-state index in [4.69, 9.17) is 18.9 Å². The van der Waals surface area contributed by atoms with Gasteiger partial charge in [0.15, 0.2) is 17.3 Å². The molecule has 0 unspecified atom stereocenters. The lowest BCUT2D eigenvalue weighted by Gasteiger charge is -2.30. The monoisotopic (exact) mass is 393 g/mol. The highest BCUT2D eigenvalue weighted by atomic mass is 16.5. The smallest absolute Gasteiger partial charge is 0.232 e. The van der Waals surface area contributed by atoms with E-state index >= 15 is 0 Å². The van der Waals surface area contributed by atoms with E-state index in [2.05, 4.69) is 4.90 Å². The predicted octanol–water partition coefficient (Wildman–Crippen LogP) is 3.94. The van der Waals surface area contributed by atoms with Gasteiger partial charge >= 0.3 is 0 Å². The summed E-state index contributed by atoms with van der Waals surface area (Å²) in [5.41, 5.74) is 3.28. The third-order valence-corrected chi connectivity index (χ3v) is 5.72. The van der Waals surface area contributed by atoms with Gasteiger partial charge in [0, 0.05) is 12.6 Å². The van der Waals surface area contributed by atoms with Gasteiger partial charge in [0.1, 0.15) is 18.2 Å². The molecule has 0 aromatic heterocycles. The van der Waals surface area contributed by atoms with Crippen LogP contribution in [0, 0.1) is 6.92 Å². The maximum Gasteiger partial charge on any atom is 0.232 e. The first kappa shape index (κ1) is 18.1. The second kappa shape index (κ2) is 6.81. The third kappa shape index (κ3) is 3.04. The SMILES string of the molecule is COc1ccc(/C=C2\Oc3c4c(cc(C)c3C2=O)OCN(C2CC2)C4)cc1OC. The molecule has 0 N–H and O–H groups in total. The van der Waals surface area contributed by atoms with E-state index in [-0.39, 0.29) is 5.78 Å². The summed E-state index contributed by atoms with van der Waals surface area (Å²) in [6.07, 6.45) is 4.16. The molecule has 0 saturated heterocycles. The molecule has 0 amide bonds. The molecule has 5 rings (SSSR count). The number of benzene rings is 2. The number of hydrogen-bond acceptors (Lipinski definition) is 6. The van der Waals surface area contributed by atoms with Crippen LogP contribution in [0.1, 0.15) is 39.9 Å². The van der Waals surface area contributed by atoms with Crippen molar-refractivity contribution in [2.75, 3.05) is 21.0 Å². The molecule has 150 valence electrons. The number of Topliss-reactive ketones (excluding diaryl/α,β-unsaturated/α-hetero) is 1. The topological polar surface area (TPSA) is 57.2 Å². The lowest BCUT2D eigenvalue weighted by Crippen LogP contribution is -2.34. The molecule has 6 heteroatoms. The summed E-state index contributed by atoms with van der Waals surface area (Å²) in [4.78, 5) is 15.4. The predicted molar refractivity (Wildman–Crippen MR) is 108 cm³/mol. The fourth-order valence-corrected chi connectivity index (χ4v) is 4.01. The Kier molecular flexibility index (Phi) is 4.24. The number of hydrogen-bond donors (Lipinski definition) is 0. The largest absolute Gasteiger partial charge is 0.493 e. The highest BCUT2D eigenvalue weighted by Crippen LogP contribution is 2.45. The lowest BCUT2D eigenvalue weighted by molar-refractivity contribution is 0.0867. The lowest BCUT2D eigenvalue weighted by atomic mass is 9.98. The summed E-state index contributed by atoms with van der Waals surface area (Å²) in [7, 11) is 3.18. The van der Waals surface area contributed by atoms with Gasteiger partial charge in [-0.25, -0.2) is 0 Å². The average Bonchev–Trinajstić information content (AvgIpc) is 3.53. The zero-order chi connectivity index (χ0) is 20.1. The molecule has 1 aliphatic carbocycles. The number of rotatable bonds is 4. The van der Waals surface area contributed by atoms with Gasteiger partial charge < -0.3 is 18.9 Å². The minimum atomic E-state index is -0.0985. The van der Waals surface area contributed by atoms with Crippen molar-refractivity contribution in [3.05, 3.63) is 52.3 Å². The molecular weight excluding hydrogens is 370 g/mol. The quantitative estimate of drug-likeness (QED) is 0.734. The van der Waals surface area contributed by atoms with Crippen LogP contribution in [0.4, 0.5) is 0 Å². The van der Waals surface area contributed by atoms with Crippen LogP contribution in [0.25, 0.3) is 6.08 Å². The number of nitrogens with zero attached hydrogens (tertiary/aromatic N) is 1. The summed E-state index contributed by atoms with van der Waals surface area (Å²) in [5.74, 6) is 2.91. The average molecular weight is 393 g/mol. The van der Waals surface area contributed by atoms with Crippen LogP contribution in [0.5, 0.6) is 23.0 Å². The molecule has 0 spiro atoms. The third-order valence-electron chi connectivity index (χ3n) is 5.72. The fourth-order valence-electron chi connectivity index (χ4n) is 4.01. The Balaban J connectivity index is 1.52. The second-order valence-corrected chi connectivity index (χ2v) is 7.68. The van der Waals surface area contributed by atoms with E-state index in [0.29, 0.717) is 41.3 Å². The molecule has 1 fully saturated rings. The van der Waals surface area contributed by atoms with Gasteiger partial charge in [0.25, 0.3) is 0 Å². The van der Waals surface area contributed by atoms with Gasteiger partial charge in [-0.1, -0.05) is 6.07 Å².